The van der Waals surface area contributed by atoms with E-state index in [2.05, 4.69) is 29.2 Å². The Bertz CT molecular complexity index is 776. The Morgan fingerprint density at radius 3 is 2.74 bits per heavy atom. The number of unbranched alkanes of at least 4 members (excludes halogenated alkanes) is 1. The number of carbonyl (C=O) groups is 1. The maximum absolute atomic E-state index is 11.2. The molecule has 1 fully saturated rings. The van der Waals surface area contributed by atoms with Crippen molar-refractivity contribution in [3.05, 3.63) is 6.33 Å². The van der Waals surface area contributed by atoms with Crippen LogP contribution in [0.1, 0.15) is 46.0 Å². The highest BCUT2D eigenvalue weighted by atomic mass is 32.2. The van der Waals surface area contributed by atoms with E-state index < -0.39 is 5.79 Å². The van der Waals surface area contributed by atoms with Crippen LogP contribution in [-0.2, 0) is 14.3 Å². The van der Waals surface area contributed by atoms with Crippen molar-refractivity contribution < 1.29 is 29.7 Å². The molecule has 34 heavy (non-hydrogen) atoms. The first-order valence-electron chi connectivity index (χ1n) is 11.1. The monoisotopic (exact) mass is 503 g/mol. The Morgan fingerprint density at radius 1 is 1.38 bits per heavy atom. The van der Waals surface area contributed by atoms with Crippen molar-refractivity contribution in [2.24, 2.45) is 0 Å². The van der Waals surface area contributed by atoms with Gasteiger partial charge in [0.2, 0.25) is 0 Å². The van der Waals surface area contributed by atoms with E-state index >= 15 is 0 Å². The van der Waals surface area contributed by atoms with Crippen LogP contribution in [0.3, 0.4) is 0 Å². The van der Waals surface area contributed by atoms with Crippen molar-refractivity contribution in [2.45, 2.75) is 64.1 Å². The number of carbonyl (C=O) groups excluding carboxylic acids is 1. The second kappa shape index (κ2) is 13.2. The van der Waals surface area contributed by atoms with E-state index in [-0.39, 0.29) is 18.3 Å². The van der Waals surface area contributed by atoms with Crippen LogP contribution in [0.2, 0.25) is 0 Å². The van der Waals surface area contributed by atoms with E-state index in [1.807, 2.05) is 0 Å². The fraction of sp³-hybridized carbons (Fsp3) is 0.750. The SMILES string of the molecule is CC(C)(O)O.COC(=O)CCCCN(CC1CCC(N2CNc3c(N)ncnc32)O1)SN(C)O. The number of nitrogen functional groups attached to an aromatic ring is 1. The molecule has 0 amide bonds. The van der Waals surface area contributed by atoms with Crippen molar-refractivity contribution in [2.75, 3.05) is 49.9 Å². The molecule has 194 valence electrons. The van der Waals surface area contributed by atoms with Gasteiger partial charge in [0, 0.05) is 38.7 Å². The number of hydrogen-bond donors (Lipinski definition) is 5. The molecule has 14 heteroatoms. The van der Waals surface area contributed by atoms with Crippen molar-refractivity contribution >= 4 is 35.4 Å². The minimum atomic E-state index is -1.50. The lowest BCUT2D eigenvalue weighted by Gasteiger charge is -2.28. The molecule has 0 bridgehead atoms. The smallest absolute Gasteiger partial charge is 0.305 e. The zero-order valence-corrected chi connectivity index (χ0v) is 21.0. The molecule has 2 unspecified atom stereocenters. The predicted octanol–water partition coefficient (Wildman–Crippen LogP) is 0.990. The number of esters is 1. The summed E-state index contributed by atoms with van der Waals surface area (Å²) in [5, 5.41) is 29.0. The third-order valence-electron chi connectivity index (χ3n) is 4.89. The van der Waals surface area contributed by atoms with Gasteiger partial charge < -0.3 is 40.8 Å². The number of nitrogens with zero attached hydrogens (tertiary/aromatic N) is 5. The molecule has 3 heterocycles. The number of aliphatic hydroxyl groups is 2. The Hall–Kier alpha value is -1.94. The minimum Gasteiger partial charge on any atom is -0.469 e. The number of rotatable bonds is 10. The second-order valence-corrected chi connectivity index (χ2v) is 9.72. The Labute approximate surface area is 204 Å². The van der Waals surface area contributed by atoms with Crippen LogP contribution in [0.25, 0.3) is 0 Å². The first-order valence-corrected chi connectivity index (χ1v) is 11.8. The molecular weight excluding hydrogens is 466 g/mol. The maximum Gasteiger partial charge on any atom is 0.305 e. The van der Waals surface area contributed by atoms with Gasteiger partial charge in [-0.05, 0) is 39.5 Å². The average Bonchev–Trinajstić information content (AvgIpc) is 3.36. The van der Waals surface area contributed by atoms with Crippen LogP contribution in [0, 0.1) is 0 Å². The lowest BCUT2D eigenvalue weighted by Crippen LogP contribution is -2.37. The largest absolute Gasteiger partial charge is 0.469 e. The van der Waals surface area contributed by atoms with Gasteiger partial charge in [0.1, 0.15) is 18.2 Å². The third kappa shape index (κ3) is 9.74. The van der Waals surface area contributed by atoms with Gasteiger partial charge in [0.25, 0.3) is 0 Å². The summed E-state index contributed by atoms with van der Waals surface area (Å²) in [7, 11) is 2.98. The average molecular weight is 504 g/mol. The molecule has 6 N–H and O–H groups in total. The number of anilines is 3. The summed E-state index contributed by atoms with van der Waals surface area (Å²) >= 11 is 1.24. The molecule has 3 rings (SSSR count). The van der Waals surface area contributed by atoms with Crippen LogP contribution in [0.4, 0.5) is 17.3 Å². The molecule has 0 saturated carbocycles. The zero-order chi connectivity index (χ0) is 25.3. The van der Waals surface area contributed by atoms with Gasteiger partial charge in [0.05, 0.1) is 19.9 Å². The van der Waals surface area contributed by atoms with Gasteiger partial charge in [-0.25, -0.2) is 14.3 Å². The number of nitrogens with two attached hydrogens (primary N) is 1. The summed E-state index contributed by atoms with van der Waals surface area (Å²) in [6.45, 7) is 4.58. The van der Waals surface area contributed by atoms with E-state index in [1.54, 1.807) is 7.05 Å². The summed E-state index contributed by atoms with van der Waals surface area (Å²) in [4.78, 5) is 21.7. The first-order chi connectivity index (χ1) is 16.0. The minimum absolute atomic E-state index is 0.0382. The molecular formula is C20H37N7O6S. The van der Waals surface area contributed by atoms with Gasteiger partial charge in [-0.3, -0.25) is 4.79 Å². The molecule has 13 nitrogen and oxygen atoms in total. The highest BCUT2D eigenvalue weighted by Gasteiger charge is 2.36. The van der Waals surface area contributed by atoms with Crippen molar-refractivity contribution in [3.8, 4) is 0 Å². The maximum atomic E-state index is 11.2. The summed E-state index contributed by atoms with van der Waals surface area (Å²) < 4.78 is 14.1. The van der Waals surface area contributed by atoms with Crippen LogP contribution in [0.5, 0.6) is 0 Å². The highest BCUT2D eigenvalue weighted by molar-refractivity contribution is 7.94. The van der Waals surface area contributed by atoms with Gasteiger partial charge in [-0.2, -0.15) is 0 Å². The fourth-order valence-corrected chi connectivity index (χ4v) is 4.30. The number of nitrogens with one attached hydrogen (secondary N) is 1. The van der Waals surface area contributed by atoms with Crippen LogP contribution in [-0.4, -0.2) is 92.2 Å². The van der Waals surface area contributed by atoms with E-state index in [4.69, 9.17) is 20.7 Å². The Balaban J connectivity index is 0.000000739. The molecule has 2 aliphatic rings. The highest BCUT2D eigenvalue weighted by Crippen LogP contribution is 2.37. The van der Waals surface area contributed by atoms with Gasteiger partial charge in [0.15, 0.2) is 17.4 Å². The number of ether oxygens (including phenoxy) is 2. The third-order valence-corrected chi connectivity index (χ3v) is 5.69. The molecule has 2 aliphatic heterocycles. The Kier molecular flexibility index (Phi) is 11.0. The molecule has 0 spiro atoms. The molecule has 0 aliphatic carbocycles. The normalized spacial score (nSPS) is 19.6. The zero-order valence-electron chi connectivity index (χ0n) is 20.2. The quantitative estimate of drug-likeness (QED) is 0.101. The molecule has 1 aromatic heterocycles. The molecule has 0 aromatic carbocycles. The lowest BCUT2D eigenvalue weighted by atomic mass is 10.2. The van der Waals surface area contributed by atoms with Gasteiger partial charge in [-0.1, -0.05) is 0 Å². The molecule has 0 radical (unpaired) electrons. The Morgan fingerprint density at radius 2 is 2.09 bits per heavy atom. The van der Waals surface area contributed by atoms with E-state index in [9.17, 15) is 10.0 Å². The first kappa shape index (κ1) is 28.3. The number of fused-ring (bicyclic) bond motifs is 1. The second-order valence-electron chi connectivity index (χ2n) is 8.51. The number of aromatic nitrogens is 2. The van der Waals surface area contributed by atoms with E-state index in [1.165, 1.54) is 39.4 Å². The fourth-order valence-electron chi connectivity index (χ4n) is 3.52. The van der Waals surface area contributed by atoms with Crippen molar-refractivity contribution in [3.63, 3.8) is 0 Å². The summed E-state index contributed by atoms with van der Waals surface area (Å²) in [5.41, 5.74) is 6.66. The molecule has 2 atom stereocenters. The number of methoxy groups -OCH3 is 1. The van der Waals surface area contributed by atoms with Gasteiger partial charge >= 0.3 is 5.97 Å². The topological polar surface area (TPSA) is 170 Å². The van der Waals surface area contributed by atoms with Gasteiger partial charge in [-0.15, -0.1) is 4.47 Å². The van der Waals surface area contributed by atoms with Crippen molar-refractivity contribution in [1.82, 2.24) is 18.7 Å². The van der Waals surface area contributed by atoms with Crippen LogP contribution < -0.4 is 16.0 Å². The lowest BCUT2D eigenvalue weighted by molar-refractivity contribution is -0.140. The van der Waals surface area contributed by atoms with E-state index in [0.717, 1.165) is 48.2 Å². The summed E-state index contributed by atoms with van der Waals surface area (Å²) in [6.07, 6.45) is 5.17. The standard InChI is InChI=1S/C17H29N7O4S.C3H8O2/c1-22(26)29-23(8-4-3-5-14(25)27-2)9-12-6-7-13(28-12)24-11-21-15-16(18)19-10-20-17(15)24;1-3(2,4)5/h10,12-13,21,26H,3-9,11H2,1-2H3,(H2,18,19,20);4-5H,1-2H3. The molecule has 1 aromatic rings. The summed E-state index contributed by atoms with van der Waals surface area (Å²) in [6, 6.07) is 0. The van der Waals surface area contributed by atoms with Crippen LogP contribution >= 0.6 is 12.1 Å². The number of hydrogen-bond acceptors (Lipinski definition) is 14. The predicted molar refractivity (Wildman–Crippen MR) is 128 cm³/mol. The van der Waals surface area contributed by atoms with Crippen molar-refractivity contribution in [1.29, 1.82) is 0 Å². The number of hydroxylamine groups is 1. The van der Waals surface area contributed by atoms with E-state index in [0.29, 0.717) is 25.5 Å². The molecule has 1 saturated heterocycles. The van der Waals surface area contributed by atoms with Crippen LogP contribution in [0.15, 0.2) is 6.33 Å². The summed E-state index contributed by atoms with van der Waals surface area (Å²) in [5.74, 6) is -0.491.